The van der Waals surface area contributed by atoms with E-state index in [2.05, 4.69) is 17.1 Å². The summed E-state index contributed by atoms with van der Waals surface area (Å²) in [6.45, 7) is 3.09. The first kappa shape index (κ1) is 23.0. The molecule has 7 heteroatoms. The van der Waals surface area contributed by atoms with Crippen molar-refractivity contribution in [2.75, 3.05) is 13.7 Å². The van der Waals surface area contributed by atoms with Crippen LogP contribution in [-0.4, -0.2) is 34.7 Å². The second-order valence-corrected chi connectivity index (χ2v) is 8.88. The van der Waals surface area contributed by atoms with Crippen molar-refractivity contribution in [1.82, 2.24) is 15.1 Å². The minimum Gasteiger partial charge on any atom is -0.493 e. The molecule has 5 rings (SSSR count). The molecule has 35 heavy (non-hydrogen) atoms. The molecule has 1 aromatic heterocycles. The Hall–Kier alpha value is -3.77. The van der Waals surface area contributed by atoms with Crippen molar-refractivity contribution in [3.63, 3.8) is 0 Å². The van der Waals surface area contributed by atoms with Crippen LogP contribution in [0.15, 0.2) is 72.8 Å². The number of benzene rings is 3. The SMILES string of the molecule is CCCOc1ccc(C2c3c(-c4ccccc4)n[nH]c3C(=O)N2Cc2ccc(Cl)cc2)cc1OC. The fourth-order valence-electron chi connectivity index (χ4n) is 4.49. The van der Waals surface area contributed by atoms with Gasteiger partial charge in [-0.25, -0.2) is 0 Å². The number of hydrogen-bond donors (Lipinski definition) is 1. The summed E-state index contributed by atoms with van der Waals surface area (Å²) in [4.78, 5) is 15.5. The van der Waals surface area contributed by atoms with Gasteiger partial charge in [0.25, 0.3) is 5.91 Å². The molecule has 6 nitrogen and oxygen atoms in total. The number of amides is 1. The zero-order valence-corrected chi connectivity index (χ0v) is 20.4. The first-order chi connectivity index (χ1) is 17.1. The van der Waals surface area contributed by atoms with Crippen LogP contribution in [0, 0.1) is 0 Å². The van der Waals surface area contributed by atoms with Gasteiger partial charge in [0.2, 0.25) is 0 Å². The van der Waals surface area contributed by atoms with E-state index in [4.69, 9.17) is 21.1 Å². The molecule has 1 amide bonds. The summed E-state index contributed by atoms with van der Waals surface area (Å²) in [5, 5.41) is 8.21. The molecule has 0 bridgehead atoms. The highest BCUT2D eigenvalue weighted by Gasteiger charge is 2.42. The molecule has 0 saturated carbocycles. The first-order valence-electron chi connectivity index (χ1n) is 11.6. The number of carbonyl (C=O) groups is 1. The Kier molecular flexibility index (Phi) is 6.47. The smallest absolute Gasteiger partial charge is 0.273 e. The molecule has 1 unspecified atom stereocenters. The molecule has 0 spiro atoms. The van der Waals surface area contributed by atoms with Crippen molar-refractivity contribution in [2.45, 2.75) is 25.9 Å². The molecule has 0 radical (unpaired) electrons. The van der Waals surface area contributed by atoms with Gasteiger partial charge in [-0.3, -0.25) is 9.89 Å². The largest absolute Gasteiger partial charge is 0.493 e. The van der Waals surface area contributed by atoms with E-state index in [9.17, 15) is 4.79 Å². The van der Waals surface area contributed by atoms with Crippen molar-refractivity contribution in [3.8, 4) is 22.8 Å². The van der Waals surface area contributed by atoms with Gasteiger partial charge in [0.1, 0.15) is 5.69 Å². The molecular formula is C28H26ClN3O3. The summed E-state index contributed by atoms with van der Waals surface area (Å²) in [6.07, 6.45) is 0.899. The highest BCUT2D eigenvalue weighted by molar-refractivity contribution is 6.30. The second-order valence-electron chi connectivity index (χ2n) is 8.45. The minimum atomic E-state index is -0.351. The van der Waals surface area contributed by atoms with E-state index in [-0.39, 0.29) is 11.9 Å². The number of nitrogens with one attached hydrogen (secondary N) is 1. The van der Waals surface area contributed by atoms with E-state index in [1.165, 1.54) is 0 Å². The molecule has 1 aliphatic rings. The van der Waals surface area contributed by atoms with Crippen molar-refractivity contribution in [3.05, 3.63) is 100 Å². The Morgan fingerprint density at radius 2 is 1.80 bits per heavy atom. The van der Waals surface area contributed by atoms with E-state index in [1.54, 1.807) is 7.11 Å². The topological polar surface area (TPSA) is 67.5 Å². The molecular weight excluding hydrogens is 462 g/mol. The zero-order chi connectivity index (χ0) is 24.4. The maximum atomic E-state index is 13.6. The van der Waals surface area contributed by atoms with E-state index >= 15 is 0 Å². The Morgan fingerprint density at radius 1 is 1.03 bits per heavy atom. The molecule has 0 saturated heterocycles. The molecule has 0 aliphatic carbocycles. The number of fused-ring (bicyclic) bond motifs is 1. The maximum absolute atomic E-state index is 13.6. The van der Waals surface area contributed by atoms with Gasteiger partial charge in [-0.2, -0.15) is 5.10 Å². The number of methoxy groups -OCH3 is 1. The fraction of sp³-hybridized carbons (Fsp3) is 0.214. The Morgan fingerprint density at radius 3 is 2.51 bits per heavy atom. The van der Waals surface area contributed by atoms with Crippen LogP contribution >= 0.6 is 11.6 Å². The molecule has 3 aromatic carbocycles. The van der Waals surface area contributed by atoms with Crippen molar-refractivity contribution in [1.29, 1.82) is 0 Å². The van der Waals surface area contributed by atoms with Crippen LogP contribution in [0.1, 0.15) is 46.6 Å². The summed E-state index contributed by atoms with van der Waals surface area (Å²) >= 11 is 6.09. The molecule has 1 atom stereocenters. The monoisotopic (exact) mass is 487 g/mol. The summed E-state index contributed by atoms with van der Waals surface area (Å²) in [6, 6.07) is 23.0. The lowest BCUT2D eigenvalue weighted by molar-refractivity contribution is 0.0730. The van der Waals surface area contributed by atoms with Crippen molar-refractivity contribution >= 4 is 17.5 Å². The maximum Gasteiger partial charge on any atom is 0.273 e. The van der Waals surface area contributed by atoms with E-state index in [1.807, 2.05) is 77.7 Å². The van der Waals surface area contributed by atoms with E-state index in [0.29, 0.717) is 35.4 Å². The second kappa shape index (κ2) is 9.84. The number of H-pyrrole nitrogens is 1. The van der Waals surface area contributed by atoms with Gasteiger partial charge in [0, 0.05) is 22.7 Å². The summed E-state index contributed by atoms with van der Waals surface area (Å²) in [7, 11) is 1.63. The number of hydrogen-bond acceptors (Lipinski definition) is 4. The molecule has 0 fully saturated rings. The molecule has 2 heterocycles. The molecule has 178 valence electrons. The lowest BCUT2D eigenvalue weighted by atomic mass is 9.95. The normalized spacial score (nSPS) is 14.8. The number of carbonyl (C=O) groups excluding carboxylic acids is 1. The number of nitrogens with zero attached hydrogens (tertiary/aromatic N) is 2. The third kappa shape index (κ3) is 4.37. The predicted octanol–water partition coefficient (Wildman–Crippen LogP) is 6.27. The lowest BCUT2D eigenvalue weighted by Gasteiger charge is -2.27. The number of rotatable bonds is 8. The molecule has 1 aliphatic heterocycles. The number of aromatic amines is 1. The fourth-order valence-corrected chi connectivity index (χ4v) is 4.62. The van der Waals surface area contributed by atoms with Gasteiger partial charge < -0.3 is 14.4 Å². The standard InChI is InChI=1S/C28H26ClN3O3/c1-3-15-35-22-14-11-20(16-23(22)34-2)27-24-25(19-7-5-4-6-8-19)30-31-26(24)28(33)32(27)17-18-9-12-21(29)13-10-18/h4-14,16,27H,3,15,17H2,1-2H3,(H,30,31). The Bertz CT molecular complexity index is 1340. The van der Waals surface area contributed by atoms with Crippen LogP contribution in [0.3, 0.4) is 0 Å². The molecule has 1 N–H and O–H groups in total. The Labute approximate surface area is 209 Å². The molecule has 4 aromatic rings. The Balaban J connectivity index is 1.62. The van der Waals surface area contributed by atoms with Gasteiger partial charge in [0.15, 0.2) is 11.5 Å². The van der Waals surface area contributed by atoms with Crippen molar-refractivity contribution in [2.24, 2.45) is 0 Å². The van der Waals surface area contributed by atoms with Crippen molar-refractivity contribution < 1.29 is 14.3 Å². The zero-order valence-electron chi connectivity index (χ0n) is 19.6. The van der Waals surface area contributed by atoms with Crippen LogP contribution in [0.5, 0.6) is 11.5 Å². The van der Waals surface area contributed by atoms with Crippen LogP contribution < -0.4 is 9.47 Å². The third-order valence-electron chi connectivity index (χ3n) is 6.14. The van der Waals surface area contributed by atoms with Crippen LogP contribution in [0.25, 0.3) is 11.3 Å². The van der Waals surface area contributed by atoms with Crippen LogP contribution in [0.4, 0.5) is 0 Å². The summed E-state index contributed by atoms with van der Waals surface area (Å²) < 4.78 is 11.5. The predicted molar refractivity (Wildman–Crippen MR) is 136 cm³/mol. The highest BCUT2D eigenvalue weighted by atomic mass is 35.5. The van der Waals surface area contributed by atoms with Crippen LogP contribution in [0.2, 0.25) is 5.02 Å². The average Bonchev–Trinajstić information content (AvgIpc) is 3.43. The van der Waals surface area contributed by atoms with Gasteiger partial charge in [0.05, 0.1) is 25.5 Å². The van der Waals surface area contributed by atoms with E-state index < -0.39 is 0 Å². The van der Waals surface area contributed by atoms with Gasteiger partial charge in [-0.05, 0) is 41.8 Å². The minimum absolute atomic E-state index is 0.0973. The number of ether oxygens (including phenoxy) is 2. The summed E-state index contributed by atoms with van der Waals surface area (Å²) in [5.74, 6) is 1.22. The van der Waals surface area contributed by atoms with Gasteiger partial charge >= 0.3 is 0 Å². The van der Waals surface area contributed by atoms with Crippen LogP contribution in [-0.2, 0) is 6.54 Å². The highest BCUT2D eigenvalue weighted by Crippen LogP contribution is 2.45. The average molecular weight is 488 g/mol. The van der Waals surface area contributed by atoms with E-state index in [0.717, 1.165) is 34.4 Å². The number of halogens is 1. The van der Waals surface area contributed by atoms with Gasteiger partial charge in [-0.15, -0.1) is 0 Å². The number of aromatic nitrogens is 2. The lowest BCUT2D eigenvalue weighted by Crippen LogP contribution is -2.29. The summed E-state index contributed by atoms with van der Waals surface area (Å²) in [5.41, 5.74) is 4.99. The van der Waals surface area contributed by atoms with Gasteiger partial charge in [-0.1, -0.05) is 67.1 Å². The quantitative estimate of drug-likeness (QED) is 0.318. The third-order valence-corrected chi connectivity index (χ3v) is 6.39. The first-order valence-corrected chi connectivity index (χ1v) is 12.0.